The molecular weight excluding hydrogens is 238 g/mol. The molecule has 5 nitrogen and oxygen atoms in total. The maximum Gasteiger partial charge on any atom is 0.0492 e. The van der Waals surface area contributed by atoms with Crippen LogP contribution in [0.15, 0.2) is 12.3 Å². The Kier molecular flexibility index (Phi) is 5.82. The summed E-state index contributed by atoms with van der Waals surface area (Å²) in [5.74, 6) is 0. The molecule has 0 aliphatic carbocycles. The van der Waals surface area contributed by atoms with Crippen LogP contribution in [0.2, 0.25) is 0 Å². The fourth-order valence-electron chi connectivity index (χ4n) is 2.64. The monoisotopic (exact) mass is 265 g/mol. The van der Waals surface area contributed by atoms with Gasteiger partial charge >= 0.3 is 0 Å². The van der Waals surface area contributed by atoms with Gasteiger partial charge in [-0.15, -0.1) is 0 Å². The SMILES string of the molecule is Cn1nccc1CCN1CCN(CCCCN)CC1. The van der Waals surface area contributed by atoms with E-state index in [1.807, 2.05) is 17.9 Å². The number of aryl methyl sites for hydroxylation is 1. The first-order valence-corrected chi connectivity index (χ1v) is 7.41. The van der Waals surface area contributed by atoms with Crippen LogP contribution in [0.25, 0.3) is 0 Å². The second-order valence-corrected chi connectivity index (χ2v) is 5.38. The highest BCUT2D eigenvalue weighted by molar-refractivity contribution is 5.00. The Morgan fingerprint density at radius 2 is 1.79 bits per heavy atom. The molecule has 1 aromatic rings. The molecule has 0 unspecified atom stereocenters. The molecule has 0 spiro atoms. The summed E-state index contributed by atoms with van der Waals surface area (Å²) in [6.45, 7) is 7.99. The summed E-state index contributed by atoms with van der Waals surface area (Å²) >= 11 is 0. The van der Waals surface area contributed by atoms with Crippen molar-refractivity contribution in [1.82, 2.24) is 19.6 Å². The highest BCUT2D eigenvalue weighted by Crippen LogP contribution is 2.05. The van der Waals surface area contributed by atoms with Crippen LogP contribution in [0.1, 0.15) is 18.5 Å². The summed E-state index contributed by atoms with van der Waals surface area (Å²) in [6.07, 6.45) is 5.38. The Hall–Kier alpha value is -0.910. The molecule has 0 amide bonds. The summed E-state index contributed by atoms with van der Waals surface area (Å²) in [7, 11) is 2.02. The predicted octanol–water partition coefficient (Wildman–Crippen LogP) is 0.319. The topological polar surface area (TPSA) is 50.3 Å². The largest absolute Gasteiger partial charge is 0.330 e. The standard InChI is InChI=1S/C14H27N5/c1-17-14(4-7-16-17)5-9-19-12-10-18(11-13-19)8-3-2-6-15/h4,7H,2-3,5-6,8-13,15H2,1H3. The lowest BCUT2D eigenvalue weighted by atomic mass is 10.2. The Morgan fingerprint density at radius 3 is 2.37 bits per heavy atom. The molecule has 19 heavy (non-hydrogen) atoms. The molecule has 1 aromatic heterocycles. The molecule has 108 valence electrons. The van der Waals surface area contributed by atoms with Crippen molar-refractivity contribution in [3.63, 3.8) is 0 Å². The van der Waals surface area contributed by atoms with Crippen molar-refractivity contribution in [1.29, 1.82) is 0 Å². The third-order valence-electron chi connectivity index (χ3n) is 4.00. The van der Waals surface area contributed by atoms with Crippen molar-refractivity contribution in [2.75, 3.05) is 45.8 Å². The number of piperazine rings is 1. The minimum Gasteiger partial charge on any atom is -0.330 e. The van der Waals surface area contributed by atoms with Gasteiger partial charge in [0.05, 0.1) is 0 Å². The predicted molar refractivity (Wildman–Crippen MR) is 78.1 cm³/mol. The van der Waals surface area contributed by atoms with Crippen molar-refractivity contribution < 1.29 is 0 Å². The Balaban J connectivity index is 1.62. The van der Waals surface area contributed by atoms with Crippen LogP contribution < -0.4 is 5.73 Å². The van der Waals surface area contributed by atoms with Gasteiger partial charge < -0.3 is 15.5 Å². The molecule has 0 radical (unpaired) electrons. The van der Waals surface area contributed by atoms with Gasteiger partial charge in [-0.3, -0.25) is 4.68 Å². The van der Waals surface area contributed by atoms with Crippen molar-refractivity contribution in [2.24, 2.45) is 12.8 Å². The van der Waals surface area contributed by atoms with Crippen molar-refractivity contribution >= 4 is 0 Å². The Labute approximate surface area is 116 Å². The molecule has 1 aliphatic rings. The maximum atomic E-state index is 5.53. The van der Waals surface area contributed by atoms with Gasteiger partial charge in [-0.05, 0) is 32.0 Å². The number of nitrogens with zero attached hydrogens (tertiary/aromatic N) is 4. The van der Waals surface area contributed by atoms with Gasteiger partial charge in [0.1, 0.15) is 0 Å². The molecule has 5 heteroatoms. The third-order valence-corrected chi connectivity index (χ3v) is 4.00. The Bertz CT molecular complexity index is 354. The molecule has 1 saturated heterocycles. The van der Waals surface area contributed by atoms with Crippen LogP contribution >= 0.6 is 0 Å². The van der Waals surface area contributed by atoms with E-state index in [9.17, 15) is 0 Å². The van der Waals surface area contributed by atoms with E-state index in [0.29, 0.717) is 0 Å². The molecule has 2 rings (SSSR count). The van der Waals surface area contributed by atoms with E-state index in [2.05, 4.69) is 21.0 Å². The Morgan fingerprint density at radius 1 is 1.11 bits per heavy atom. The van der Waals surface area contributed by atoms with Gasteiger partial charge in [-0.25, -0.2) is 0 Å². The molecule has 1 aliphatic heterocycles. The first-order valence-electron chi connectivity index (χ1n) is 7.41. The van der Waals surface area contributed by atoms with Gasteiger partial charge in [-0.1, -0.05) is 0 Å². The zero-order valence-electron chi connectivity index (χ0n) is 12.1. The van der Waals surface area contributed by atoms with Gasteiger partial charge in [-0.2, -0.15) is 5.10 Å². The maximum absolute atomic E-state index is 5.53. The zero-order chi connectivity index (χ0) is 13.5. The van der Waals surface area contributed by atoms with Gasteiger partial charge in [0, 0.05) is 58.1 Å². The summed E-state index contributed by atoms with van der Waals surface area (Å²) in [6, 6.07) is 2.11. The summed E-state index contributed by atoms with van der Waals surface area (Å²) in [5, 5.41) is 4.21. The molecule has 2 heterocycles. The number of nitrogens with two attached hydrogens (primary N) is 1. The van der Waals surface area contributed by atoms with Gasteiger partial charge in [0.25, 0.3) is 0 Å². The van der Waals surface area contributed by atoms with E-state index >= 15 is 0 Å². The van der Waals surface area contributed by atoms with Crippen LogP contribution in [0.3, 0.4) is 0 Å². The molecule has 0 atom stereocenters. The van der Waals surface area contributed by atoms with Gasteiger partial charge in [0.15, 0.2) is 0 Å². The highest BCUT2D eigenvalue weighted by atomic mass is 15.3. The molecule has 2 N–H and O–H groups in total. The van der Waals surface area contributed by atoms with Gasteiger partial charge in [0.2, 0.25) is 0 Å². The smallest absolute Gasteiger partial charge is 0.0492 e. The molecule has 1 fully saturated rings. The quantitative estimate of drug-likeness (QED) is 0.721. The lowest BCUT2D eigenvalue weighted by Crippen LogP contribution is -2.47. The lowest BCUT2D eigenvalue weighted by Gasteiger charge is -2.34. The van der Waals surface area contributed by atoms with E-state index in [4.69, 9.17) is 5.73 Å². The van der Waals surface area contributed by atoms with Crippen molar-refractivity contribution in [2.45, 2.75) is 19.3 Å². The number of aromatic nitrogens is 2. The summed E-state index contributed by atoms with van der Waals surface area (Å²) in [5.41, 5.74) is 6.85. The average Bonchev–Trinajstić information content (AvgIpc) is 2.84. The van der Waals surface area contributed by atoms with Crippen LogP contribution in [0.4, 0.5) is 0 Å². The minimum absolute atomic E-state index is 0.824. The zero-order valence-corrected chi connectivity index (χ0v) is 12.1. The van der Waals surface area contributed by atoms with Crippen LogP contribution in [0.5, 0.6) is 0 Å². The van der Waals surface area contributed by atoms with E-state index < -0.39 is 0 Å². The second-order valence-electron chi connectivity index (χ2n) is 5.38. The first kappa shape index (κ1) is 14.5. The fourth-order valence-corrected chi connectivity index (χ4v) is 2.64. The minimum atomic E-state index is 0.824. The average molecular weight is 265 g/mol. The first-order chi connectivity index (χ1) is 9.29. The second kappa shape index (κ2) is 7.62. The number of hydrogen-bond donors (Lipinski definition) is 1. The van der Waals surface area contributed by atoms with Crippen molar-refractivity contribution in [3.8, 4) is 0 Å². The van der Waals surface area contributed by atoms with Crippen LogP contribution in [-0.2, 0) is 13.5 Å². The van der Waals surface area contributed by atoms with E-state index in [0.717, 1.165) is 25.9 Å². The van der Waals surface area contributed by atoms with Crippen molar-refractivity contribution in [3.05, 3.63) is 18.0 Å². The highest BCUT2D eigenvalue weighted by Gasteiger charge is 2.16. The normalized spacial score (nSPS) is 18.0. The molecular formula is C14H27N5. The van der Waals surface area contributed by atoms with E-state index in [1.165, 1.54) is 44.8 Å². The molecule has 0 bridgehead atoms. The van der Waals surface area contributed by atoms with Crippen LogP contribution in [0, 0.1) is 0 Å². The summed E-state index contributed by atoms with van der Waals surface area (Å²) < 4.78 is 1.98. The van der Waals surface area contributed by atoms with Crippen LogP contribution in [-0.4, -0.2) is 65.4 Å². The van der Waals surface area contributed by atoms with E-state index in [-0.39, 0.29) is 0 Å². The fraction of sp³-hybridized carbons (Fsp3) is 0.786. The third kappa shape index (κ3) is 4.60. The molecule has 0 saturated carbocycles. The number of hydrogen-bond acceptors (Lipinski definition) is 4. The van der Waals surface area contributed by atoms with E-state index in [1.54, 1.807) is 0 Å². The molecule has 0 aromatic carbocycles. The number of rotatable bonds is 7. The summed E-state index contributed by atoms with van der Waals surface area (Å²) in [4.78, 5) is 5.13. The lowest BCUT2D eigenvalue weighted by molar-refractivity contribution is 0.131. The number of unbranched alkanes of at least 4 members (excludes halogenated alkanes) is 1.